The highest BCUT2D eigenvalue weighted by molar-refractivity contribution is 6.13. The third-order valence-corrected chi connectivity index (χ3v) is 12.5. The largest absolute Gasteiger partial charge is 0.456 e. The summed E-state index contributed by atoms with van der Waals surface area (Å²) < 4.78 is 6.29. The number of anilines is 3. The molecular formula is C60H39NO. The molecule has 0 saturated carbocycles. The first-order chi connectivity index (χ1) is 30.8. The number of para-hydroxylation sites is 3. The molecule has 1 heterocycles. The number of fused-ring (bicyclic) bond motifs is 7. The van der Waals surface area contributed by atoms with E-state index in [9.17, 15) is 0 Å². The normalized spacial score (nSPS) is 11.5. The number of furan rings is 1. The lowest BCUT2D eigenvalue weighted by molar-refractivity contribution is 0.669. The minimum Gasteiger partial charge on any atom is -0.456 e. The lowest BCUT2D eigenvalue weighted by Gasteiger charge is -2.30. The molecule has 0 bridgehead atoms. The SMILES string of the molecule is c1ccc(-c2cccc3cccc(-c4ccccc4N(c4ccc(-c5cccc6c5ccc5ccccc56)cc4)c4ccccc4-c4ccc5oc6ccccc6c5c4)c23)cc1. The van der Waals surface area contributed by atoms with Crippen molar-refractivity contribution in [3.8, 4) is 44.5 Å². The van der Waals surface area contributed by atoms with E-state index in [1.807, 2.05) is 12.1 Å². The first-order valence-electron chi connectivity index (χ1n) is 21.3. The minimum absolute atomic E-state index is 0.886. The lowest BCUT2D eigenvalue weighted by Crippen LogP contribution is -2.12. The first-order valence-corrected chi connectivity index (χ1v) is 21.3. The summed E-state index contributed by atoms with van der Waals surface area (Å²) in [4.78, 5) is 2.45. The fourth-order valence-corrected chi connectivity index (χ4v) is 9.62. The van der Waals surface area contributed by atoms with E-state index in [1.165, 1.54) is 60.1 Å². The van der Waals surface area contributed by atoms with Crippen molar-refractivity contribution in [2.45, 2.75) is 0 Å². The number of nitrogens with zero attached hydrogens (tertiary/aromatic N) is 1. The van der Waals surface area contributed by atoms with Gasteiger partial charge in [-0.15, -0.1) is 0 Å². The Morgan fingerprint density at radius 2 is 0.839 bits per heavy atom. The summed E-state index contributed by atoms with van der Waals surface area (Å²) in [6.07, 6.45) is 0. The second-order valence-electron chi connectivity index (χ2n) is 16.0. The molecule has 0 N–H and O–H groups in total. The van der Waals surface area contributed by atoms with Gasteiger partial charge in [-0.05, 0) is 108 Å². The van der Waals surface area contributed by atoms with Gasteiger partial charge in [-0.1, -0.05) is 194 Å². The second kappa shape index (κ2) is 14.8. The summed E-state index contributed by atoms with van der Waals surface area (Å²) in [5.74, 6) is 0. The predicted octanol–water partition coefficient (Wildman–Crippen LogP) is 17.2. The Morgan fingerprint density at radius 1 is 0.274 bits per heavy atom. The maximum Gasteiger partial charge on any atom is 0.135 e. The number of rotatable bonds is 7. The third-order valence-electron chi connectivity index (χ3n) is 12.5. The van der Waals surface area contributed by atoms with E-state index in [0.29, 0.717) is 0 Å². The number of hydrogen-bond donors (Lipinski definition) is 0. The van der Waals surface area contributed by atoms with Crippen LogP contribution in [0.5, 0.6) is 0 Å². The van der Waals surface area contributed by atoms with Crippen LogP contribution in [0.2, 0.25) is 0 Å². The second-order valence-corrected chi connectivity index (χ2v) is 16.0. The molecule has 0 saturated heterocycles. The van der Waals surface area contributed by atoms with Crippen molar-refractivity contribution in [1.29, 1.82) is 0 Å². The van der Waals surface area contributed by atoms with Gasteiger partial charge in [0.2, 0.25) is 0 Å². The monoisotopic (exact) mass is 789 g/mol. The summed E-state index contributed by atoms with van der Waals surface area (Å²) in [5.41, 5.74) is 14.4. The summed E-state index contributed by atoms with van der Waals surface area (Å²) in [6.45, 7) is 0. The molecule has 0 aliphatic heterocycles. The molecule has 12 aromatic rings. The molecular weight excluding hydrogens is 751 g/mol. The molecule has 0 atom stereocenters. The summed E-state index contributed by atoms with van der Waals surface area (Å²) in [5, 5.41) is 9.70. The predicted molar refractivity (Wildman–Crippen MR) is 263 cm³/mol. The molecule has 2 nitrogen and oxygen atoms in total. The van der Waals surface area contributed by atoms with Gasteiger partial charge in [0, 0.05) is 27.6 Å². The maximum atomic E-state index is 6.29. The average molecular weight is 790 g/mol. The van der Waals surface area contributed by atoms with Crippen molar-refractivity contribution in [2.24, 2.45) is 0 Å². The molecule has 0 aliphatic carbocycles. The Morgan fingerprint density at radius 3 is 1.68 bits per heavy atom. The van der Waals surface area contributed by atoms with Gasteiger partial charge in [0.1, 0.15) is 11.2 Å². The molecule has 0 aliphatic rings. The van der Waals surface area contributed by atoms with Crippen LogP contribution in [0.1, 0.15) is 0 Å². The van der Waals surface area contributed by atoms with Gasteiger partial charge in [0.25, 0.3) is 0 Å². The zero-order valence-corrected chi connectivity index (χ0v) is 33.9. The highest BCUT2D eigenvalue weighted by atomic mass is 16.3. The molecule has 2 heteroatoms. The van der Waals surface area contributed by atoms with Gasteiger partial charge in [-0.25, -0.2) is 0 Å². The van der Waals surface area contributed by atoms with Gasteiger partial charge in [-0.2, -0.15) is 0 Å². The van der Waals surface area contributed by atoms with Crippen LogP contribution in [0.4, 0.5) is 17.1 Å². The van der Waals surface area contributed by atoms with Crippen LogP contribution in [0, 0.1) is 0 Å². The van der Waals surface area contributed by atoms with Gasteiger partial charge < -0.3 is 9.32 Å². The Hall–Kier alpha value is -8.20. The molecule has 12 rings (SSSR count). The zero-order chi connectivity index (χ0) is 41.0. The van der Waals surface area contributed by atoms with Gasteiger partial charge in [-0.3, -0.25) is 0 Å². The Balaban J connectivity index is 1.08. The van der Waals surface area contributed by atoms with E-state index in [-0.39, 0.29) is 0 Å². The van der Waals surface area contributed by atoms with Crippen molar-refractivity contribution in [3.05, 3.63) is 237 Å². The van der Waals surface area contributed by atoms with E-state index in [1.54, 1.807) is 0 Å². The van der Waals surface area contributed by atoms with Crippen LogP contribution in [0.15, 0.2) is 241 Å². The van der Waals surface area contributed by atoms with E-state index >= 15 is 0 Å². The average Bonchev–Trinajstić information content (AvgIpc) is 3.72. The molecule has 290 valence electrons. The van der Waals surface area contributed by atoms with Crippen LogP contribution in [0.25, 0.3) is 98.8 Å². The Kier molecular flexibility index (Phi) is 8.53. The van der Waals surface area contributed by atoms with Crippen LogP contribution in [-0.2, 0) is 0 Å². The zero-order valence-electron chi connectivity index (χ0n) is 33.9. The van der Waals surface area contributed by atoms with Gasteiger partial charge in [0.05, 0.1) is 11.4 Å². The van der Waals surface area contributed by atoms with E-state index in [4.69, 9.17) is 4.42 Å². The first kappa shape index (κ1) is 35.7. The fourth-order valence-electron chi connectivity index (χ4n) is 9.62. The topological polar surface area (TPSA) is 16.4 Å². The highest BCUT2D eigenvalue weighted by Crippen LogP contribution is 2.48. The molecule has 1 aromatic heterocycles. The molecule has 0 spiro atoms. The van der Waals surface area contributed by atoms with Gasteiger partial charge in [0.15, 0.2) is 0 Å². The molecule has 0 radical (unpaired) electrons. The lowest BCUT2D eigenvalue weighted by atomic mass is 9.90. The van der Waals surface area contributed by atoms with E-state index in [0.717, 1.165) is 55.7 Å². The van der Waals surface area contributed by atoms with Crippen LogP contribution in [0.3, 0.4) is 0 Å². The number of hydrogen-bond acceptors (Lipinski definition) is 2. The van der Waals surface area contributed by atoms with Crippen LogP contribution >= 0.6 is 0 Å². The molecule has 0 amide bonds. The minimum atomic E-state index is 0.886. The number of benzene rings is 11. The van der Waals surface area contributed by atoms with E-state index < -0.39 is 0 Å². The molecule has 11 aromatic carbocycles. The van der Waals surface area contributed by atoms with Gasteiger partial charge >= 0.3 is 0 Å². The quantitative estimate of drug-likeness (QED) is 0.150. The molecule has 0 fully saturated rings. The maximum absolute atomic E-state index is 6.29. The van der Waals surface area contributed by atoms with Crippen LogP contribution in [-0.4, -0.2) is 0 Å². The van der Waals surface area contributed by atoms with E-state index in [2.05, 4.69) is 229 Å². The van der Waals surface area contributed by atoms with Crippen molar-refractivity contribution in [3.63, 3.8) is 0 Å². The third kappa shape index (κ3) is 5.96. The van der Waals surface area contributed by atoms with Crippen molar-refractivity contribution in [1.82, 2.24) is 0 Å². The smallest absolute Gasteiger partial charge is 0.135 e. The fraction of sp³-hybridized carbons (Fsp3) is 0. The Bertz CT molecular complexity index is 3630. The summed E-state index contributed by atoms with van der Waals surface area (Å²) in [7, 11) is 0. The Labute approximate surface area is 360 Å². The standard InChI is InChI=1S/C60H39NO/c1-2-15-40(16-3-1)49-25-12-18-43-19-13-27-54(60(43)49)52-22-7-10-29-57(52)61(56-28-9-6-21-48(56)44-34-38-59-55(39-44)53-23-8-11-30-58(53)62-59)45-35-31-42(32-36-45)47-24-14-26-50-46-20-5-4-17-41(46)33-37-51(47)50/h1-39H. The highest BCUT2D eigenvalue weighted by Gasteiger charge is 2.23. The van der Waals surface area contributed by atoms with Crippen molar-refractivity contribution >= 4 is 71.3 Å². The van der Waals surface area contributed by atoms with Crippen molar-refractivity contribution in [2.75, 3.05) is 4.90 Å². The van der Waals surface area contributed by atoms with Crippen LogP contribution < -0.4 is 4.90 Å². The van der Waals surface area contributed by atoms with Crippen molar-refractivity contribution < 1.29 is 4.42 Å². The molecule has 62 heavy (non-hydrogen) atoms. The molecule has 0 unspecified atom stereocenters. The summed E-state index contributed by atoms with van der Waals surface area (Å²) >= 11 is 0. The summed E-state index contributed by atoms with van der Waals surface area (Å²) in [6, 6.07) is 85.6.